The first-order valence-electron chi connectivity index (χ1n) is 4.62. The van der Waals surface area contributed by atoms with Crippen LogP contribution < -0.4 is 11.3 Å². The summed E-state index contributed by atoms with van der Waals surface area (Å²) in [5.74, 6) is -0.256. The number of hydrogen-bond donors (Lipinski definition) is 2. The van der Waals surface area contributed by atoms with Crippen LogP contribution in [0.15, 0.2) is 11.0 Å². The maximum Gasteiger partial charge on any atom is 0.306 e. The van der Waals surface area contributed by atoms with Crippen LogP contribution in [-0.4, -0.2) is 22.5 Å². The minimum absolute atomic E-state index is 0.0693. The van der Waals surface area contributed by atoms with Gasteiger partial charge in [0.1, 0.15) is 0 Å². The second-order valence-corrected chi connectivity index (χ2v) is 2.93. The minimum atomic E-state index is -0.325. The van der Waals surface area contributed by atoms with E-state index in [4.69, 9.17) is 10.5 Å². The van der Waals surface area contributed by atoms with E-state index in [2.05, 4.69) is 9.97 Å². The summed E-state index contributed by atoms with van der Waals surface area (Å²) in [6.07, 6.45) is 1.84. The molecule has 0 aliphatic heterocycles. The molecule has 0 aliphatic rings. The summed E-state index contributed by atoms with van der Waals surface area (Å²) in [5.41, 5.74) is 5.39. The Hall–Kier alpha value is -1.85. The zero-order chi connectivity index (χ0) is 11.3. The van der Waals surface area contributed by atoms with Gasteiger partial charge in [-0.25, -0.2) is 4.98 Å². The average molecular weight is 211 g/mol. The quantitative estimate of drug-likeness (QED) is 0.675. The fraction of sp³-hybridized carbons (Fsp3) is 0.444. The number of anilines is 1. The van der Waals surface area contributed by atoms with Gasteiger partial charge in [0.05, 0.1) is 6.61 Å². The molecule has 6 heteroatoms. The van der Waals surface area contributed by atoms with Crippen LogP contribution >= 0.6 is 0 Å². The normalized spacial score (nSPS) is 9.93. The Balaban J connectivity index is 2.58. The Morgan fingerprint density at radius 1 is 1.67 bits per heavy atom. The van der Waals surface area contributed by atoms with Gasteiger partial charge in [-0.1, -0.05) is 0 Å². The lowest BCUT2D eigenvalue weighted by Crippen LogP contribution is -2.17. The van der Waals surface area contributed by atoms with Gasteiger partial charge in [-0.05, 0) is 13.3 Å². The molecular weight excluding hydrogens is 198 g/mol. The largest absolute Gasteiger partial charge is 0.466 e. The van der Waals surface area contributed by atoms with Gasteiger partial charge in [0.15, 0.2) is 5.95 Å². The van der Waals surface area contributed by atoms with Crippen LogP contribution in [0.3, 0.4) is 0 Å². The summed E-state index contributed by atoms with van der Waals surface area (Å²) in [5, 5.41) is 0. The van der Waals surface area contributed by atoms with Gasteiger partial charge in [-0.15, -0.1) is 0 Å². The van der Waals surface area contributed by atoms with Crippen LogP contribution in [0.5, 0.6) is 0 Å². The summed E-state index contributed by atoms with van der Waals surface area (Å²) >= 11 is 0. The Labute approximate surface area is 86.5 Å². The van der Waals surface area contributed by atoms with E-state index in [1.807, 2.05) is 0 Å². The van der Waals surface area contributed by atoms with Crippen molar-refractivity contribution >= 4 is 11.9 Å². The number of aryl methyl sites for hydroxylation is 1. The van der Waals surface area contributed by atoms with E-state index in [1.54, 1.807) is 6.92 Å². The highest BCUT2D eigenvalue weighted by molar-refractivity contribution is 5.69. The van der Waals surface area contributed by atoms with Crippen LogP contribution in [0.2, 0.25) is 0 Å². The molecule has 1 heterocycles. The number of carbonyl (C=O) groups excluding carboxylic acids is 1. The Kier molecular flexibility index (Phi) is 3.84. The number of nitrogens with two attached hydrogens (primary N) is 1. The molecular formula is C9H13N3O3. The molecule has 0 spiro atoms. The van der Waals surface area contributed by atoms with Crippen molar-refractivity contribution in [2.24, 2.45) is 0 Å². The molecule has 15 heavy (non-hydrogen) atoms. The lowest BCUT2D eigenvalue weighted by Gasteiger charge is -2.01. The molecule has 0 radical (unpaired) electrons. The van der Waals surface area contributed by atoms with Gasteiger partial charge in [-0.3, -0.25) is 14.6 Å². The molecule has 0 unspecified atom stereocenters. The number of rotatable bonds is 4. The van der Waals surface area contributed by atoms with E-state index in [9.17, 15) is 9.59 Å². The highest BCUT2D eigenvalue weighted by Gasteiger charge is 2.06. The summed E-state index contributed by atoms with van der Waals surface area (Å²) in [4.78, 5) is 28.4. The van der Waals surface area contributed by atoms with Crippen molar-refractivity contribution in [1.82, 2.24) is 9.97 Å². The molecule has 0 bridgehead atoms. The highest BCUT2D eigenvalue weighted by Crippen LogP contribution is 1.97. The minimum Gasteiger partial charge on any atom is -0.466 e. The Bertz CT molecular complexity index is 400. The SMILES string of the molecule is CCOC(=O)CCc1cnc(N)[nH]c1=O. The van der Waals surface area contributed by atoms with Crippen LogP contribution in [0.25, 0.3) is 0 Å². The number of nitrogens with zero attached hydrogens (tertiary/aromatic N) is 1. The van der Waals surface area contributed by atoms with Gasteiger partial charge in [0, 0.05) is 18.2 Å². The van der Waals surface area contributed by atoms with Crippen molar-refractivity contribution in [3.05, 3.63) is 22.1 Å². The lowest BCUT2D eigenvalue weighted by atomic mass is 10.2. The number of nitrogen functional groups attached to an aromatic ring is 1. The Morgan fingerprint density at radius 2 is 2.40 bits per heavy atom. The van der Waals surface area contributed by atoms with Gasteiger partial charge in [0.2, 0.25) is 0 Å². The topological polar surface area (TPSA) is 98.1 Å². The fourth-order valence-electron chi connectivity index (χ4n) is 1.08. The van der Waals surface area contributed by atoms with E-state index in [1.165, 1.54) is 6.20 Å². The standard InChI is InChI=1S/C9H13N3O3/c1-2-15-7(13)4-3-6-5-11-9(10)12-8(6)14/h5H,2-4H2,1H3,(H3,10,11,12,14). The van der Waals surface area contributed by atoms with E-state index in [0.717, 1.165) is 0 Å². The number of nitrogens with one attached hydrogen (secondary N) is 1. The van der Waals surface area contributed by atoms with E-state index >= 15 is 0 Å². The molecule has 0 fully saturated rings. The third-order valence-corrected chi connectivity index (χ3v) is 1.80. The monoisotopic (exact) mass is 211 g/mol. The zero-order valence-corrected chi connectivity index (χ0v) is 8.45. The third kappa shape index (κ3) is 3.41. The van der Waals surface area contributed by atoms with Crippen LogP contribution in [0, 0.1) is 0 Å². The molecule has 1 rings (SSSR count). The van der Waals surface area contributed by atoms with Crippen LogP contribution in [0.4, 0.5) is 5.95 Å². The van der Waals surface area contributed by atoms with E-state index < -0.39 is 0 Å². The Morgan fingerprint density at radius 3 is 3.00 bits per heavy atom. The van der Waals surface area contributed by atoms with Gasteiger partial charge in [-0.2, -0.15) is 0 Å². The van der Waals surface area contributed by atoms with Crippen molar-refractivity contribution in [2.75, 3.05) is 12.3 Å². The van der Waals surface area contributed by atoms with Crippen molar-refractivity contribution in [1.29, 1.82) is 0 Å². The predicted molar refractivity (Wildman–Crippen MR) is 54.2 cm³/mol. The maximum atomic E-state index is 11.3. The first-order valence-corrected chi connectivity index (χ1v) is 4.62. The molecule has 0 saturated carbocycles. The highest BCUT2D eigenvalue weighted by atomic mass is 16.5. The molecule has 0 aromatic carbocycles. The first kappa shape index (κ1) is 11.2. The van der Waals surface area contributed by atoms with Crippen LogP contribution in [-0.2, 0) is 16.0 Å². The molecule has 0 amide bonds. The van der Waals surface area contributed by atoms with Gasteiger partial charge in [0.25, 0.3) is 5.56 Å². The second kappa shape index (κ2) is 5.14. The molecule has 0 aliphatic carbocycles. The van der Waals surface area contributed by atoms with Crippen molar-refractivity contribution in [3.63, 3.8) is 0 Å². The predicted octanol–water partition coefficient (Wildman–Crippen LogP) is -0.152. The third-order valence-electron chi connectivity index (χ3n) is 1.80. The number of aromatic amines is 1. The molecule has 3 N–H and O–H groups in total. The number of H-pyrrole nitrogens is 1. The molecule has 1 aromatic heterocycles. The molecule has 6 nitrogen and oxygen atoms in total. The first-order chi connectivity index (χ1) is 7.13. The lowest BCUT2D eigenvalue weighted by molar-refractivity contribution is -0.143. The average Bonchev–Trinajstić information content (AvgIpc) is 2.17. The van der Waals surface area contributed by atoms with E-state index in [-0.39, 0.29) is 23.9 Å². The van der Waals surface area contributed by atoms with Gasteiger partial charge < -0.3 is 10.5 Å². The number of carbonyl (C=O) groups is 1. The molecule has 0 atom stereocenters. The number of esters is 1. The molecule has 1 aromatic rings. The zero-order valence-electron chi connectivity index (χ0n) is 8.45. The summed E-state index contributed by atoms with van der Waals surface area (Å²) in [7, 11) is 0. The number of hydrogen-bond acceptors (Lipinski definition) is 5. The smallest absolute Gasteiger partial charge is 0.306 e. The fourth-order valence-corrected chi connectivity index (χ4v) is 1.08. The van der Waals surface area contributed by atoms with Crippen molar-refractivity contribution < 1.29 is 9.53 Å². The van der Waals surface area contributed by atoms with E-state index in [0.29, 0.717) is 18.6 Å². The summed E-state index contributed by atoms with van der Waals surface area (Å²) in [6.45, 7) is 2.07. The number of ether oxygens (including phenoxy) is 1. The van der Waals surface area contributed by atoms with Gasteiger partial charge >= 0.3 is 5.97 Å². The van der Waals surface area contributed by atoms with Crippen LogP contribution in [0.1, 0.15) is 18.9 Å². The summed E-state index contributed by atoms with van der Waals surface area (Å²) < 4.78 is 4.73. The number of aromatic nitrogens is 2. The maximum absolute atomic E-state index is 11.3. The van der Waals surface area contributed by atoms with Crippen molar-refractivity contribution in [2.45, 2.75) is 19.8 Å². The van der Waals surface area contributed by atoms with Crippen molar-refractivity contribution in [3.8, 4) is 0 Å². The second-order valence-electron chi connectivity index (χ2n) is 2.93. The molecule has 82 valence electrons. The molecule has 0 saturated heterocycles. The summed E-state index contributed by atoms with van der Waals surface area (Å²) in [6, 6.07) is 0.